The number of hydrogen-bond donors (Lipinski definition) is 0. The van der Waals surface area contributed by atoms with Gasteiger partial charge < -0.3 is 4.74 Å². The second-order valence-electron chi connectivity index (χ2n) is 5.27. The number of carbonyl (C=O) groups is 1. The van der Waals surface area contributed by atoms with Crippen molar-refractivity contribution in [1.82, 2.24) is 0 Å². The summed E-state index contributed by atoms with van der Waals surface area (Å²) in [4.78, 5) is 11.7. The van der Waals surface area contributed by atoms with Gasteiger partial charge in [0.1, 0.15) is 17.6 Å². The van der Waals surface area contributed by atoms with Crippen molar-refractivity contribution in [1.29, 1.82) is 0 Å². The summed E-state index contributed by atoms with van der Waals surface area (Å²) in [5.74, 6) is 1.25. The van der Waals surface area contributed by atoms with Crippen LogP contribution >= 0.6 is 0 Å². The molecule has 17 heavy (non-hydrogen) atoms. The van der Waals surface area contributed by atoms with Crippen LogP contribution in [0.2, 0.25) is 0 Å². The van der Waals surface area contributed by atoms with Crippen LogP contribution in [-0.2, 0) is 4.79 Å². The minimum Gasteiger partial charge on any atom is -0.489 e. The molecule has 1 aliphatic rings. The number of benzene rings is 1. The second kappa shape index (κ2) is 4.17. The van der Waals surface area contributed by atoms with E-state index in [0.717, 1.165) is 17.7 Å². The molecule has 0 aliphatic heterocycles. The average molecular weight is 232 g/mol. The summed E-state index contributed by atoms with van der Waals surface area (Å²) in [6.45, 7) is 8.15. The number of rotatable bonds is 3. The molecule has 1 aliphatic carbocycles. The molecule has 2 heteroatoms. The molecule has 1 saturated carbocycles. The summed E-state index contributed by atoms with van der Waals surface area (Å²) in [7, 11) is 0. The Balaban J connectivity index is 2.17. The van der Waals surface area contributed by atoms with Gasteiger partial charge in [-0.2, -0.15) is 0 Å². The van der Waals surface area contributed by atoms with Crippen molar-refractivity contribution >= 4 is 5.78 Å². The summed E-state index contributed by atoms with van der Waals surface area (Å²) in [6.07, 6.45) is 1.44. The van der Waals surface area contributed by atoms with Crippen LogP contribution in [-0.4, -0.2) is 11.9 Å². The minimum absolute atomic E-state index is 0.0421. The van der Waals surface area contributed by atoms with Gasteiger partial charge in [-0.3, -0.25) is 4.79 Å². The van der Waals surface area contributed by atoms with Crippen LogP contribution < -0.4 is 4.74 Å². The van der Waals surface area contributed by atoms with E-state index in [1.165, 1.54) is 5.56 Å². The maximum absolute atomic E-state index is 11.7. The Labute approximate surface area is 103 Å². The molecule has 0 radical (unpaired) electrons. The van der Waals surface area contributed by atoms with E-state index in [1.54, 1.807) is 0 Å². The fraction of sp³-hybridized carbons (Fsp3) is 0.533. The zero-order valence-corrected chi connectivity index (χ0v) is 11.0. The van der Waals surface area contributed by atoms with Crippen molar-refractivity contribution in [2.75, 3.05) is 0 Å². The van der Waals surface area contributed by atoms with Crippen molar-refractivity contribution in [3.63, 3.8) is 0 Å². The SMILES string of the molecule is CCC1(C)C(=O)CC1Oc1cc(C)ccc1C. The predicted octanol–water partition coefficient (Wildman–Crippen LogP) is 3.44. The Morgan fingerprint density at radius 2 is 2.12 bits per heavy atom. The first-order valence-electron chi connectivity index (χ1n) is 6.24. The molecule has 0 heterocycles. The molecule has 1 aromatic rings. The molecule has 2 nitrogen and oxygen atoms in total. The van der Waals surface area contributed by atoms with Gasteiger partial charge in [-0.1, -0.05) is 19.1 Å². The molecule has 0 amide bonds. The molecule has 1 fully saturated rings. The maximum Gasteiger partial charge on any atom is 0.146 e. The Bertz CT molecular complexity index is 450. The van der Waals surface area contributed by atoms with Gasteiger partial charge in [0.15, 0.2) is 0 Å². The van der Waals surface area contributed by atoms with Crippen molar-refractivity contribution in [2.24, 2.45) is 5.41 Å². The second-order valence-corrected chi connectivity index (χ2v) is 5.27. The molecule has 2 unspecified atom stereocenters. The molecule has 0 N–H and O–H groups in total. The number of hydrogen-bond acceptors (Lipinski definition) is 2. The molecule has 92 valence electrons. The van der Waals surface area contributed by atoms with E-state index >= 15 is 0 Å². The van der Waals surface area contributed by atoms with Crippen LogP contribution in [0.25, 0.3) is 0 Å². The first kappa shape index (κ1) is 12.2. The lowest BCUT2D eigenvalue weighted by Gasteiger charge is -2.44. The smallest absolute Gasteiger partial charge is 0.146 e. The van der Waals surface area contributed by atoms with Crippen molar-refractivity contribution in [3.8, 4) is 5.75 Å². The van der Waals surface area contributed by atoms with Gasteiger partial charge in [0.2, 0.25) is 0 Å². The van der Waals surface area contributed by atoms with Gasteiger partial charge in [-0.25, -0.2) is 0 Å². The van der Waals surface area contributed by atoms with E-state index < -0.39 is 0 Å². The van der Waals surface area contributed by atoms with Gasteiger partial charge in [0, 0.05) is 6.42 Å². The van der Waals surface area contributed by atoms with Crippen LogP contribution in [0, 0.1) is 19.3 Å². The number of aryl methyl sites for hydroxylation is 2. The zero-order chi connectivity index (χ0) is 12.6. The fourth-order valence-electron chi connectivity index (χ4n) is 2.26. The lowest BCUT2D eigenvalue weighted by Crippen LogP contribution is -2.54. The van der Waals surface area contributed by atoms with Gasteiger partial charge in [-0.15, -0.1) is 0 Å². The molecule has 0 aromatic heterocycles. The number of ketones is 1. The lowest BCUT2D eigenvalue weighted by molar-refractivity contribution is -0.150. The molecule has 0 spiro atoms. The van der Waals surface area contributed by atoms with Crippen molar-refractivity contribution in [2.45, 2.75) is 46.6 Å². The van der Waals surface area contributed by atoms with E-state index in [9.17, 15) is 4.79 Å². The van der Waals surface area contributed by atoms with Crippen LogP contribution in [0.1, 0.15) is 37.8 Å². The lowest BCUT2D eigenvalue weighted by atomic mass is 9.64. The number of carbonyl (C=O) groups excluding carboxylic acids is 1. The average Bonchev–Trinajstić information content (AvgIpc) is 2.32. The Kier molecular flexibility index (Phi) is 2.98. The summed E-state index contributed by atoms with van der Waals surface area (Å²) in [5.41, 5.74) is 2.04. The van der Waals surface area contributed by atoms with Crippen molar-refractivity contribution < 1.29 is 9.53 Å². The maximum atomic E-state index is 11.7. The molecular formula is C15H20O2. The number of Topliss-reactive ketones (excluding diaryl/α,β-unsaturated/α-hetero) is 1. The predicted molar refractivity (Wildman–Crippen MR) is 68.4 cm³/mol. The monoisotopic (exact) mass is 232 g/mol. The Morgan fingerprint density at radius 3 is 2.71 bits per heavy atom. The van der Waals surface area contributed by atoms with Crippen LogP contribution in [0.15, 0.2) is 18.2 Å². The first-order valence-corrected chi connectivity index (χ1v) is 6.24. The summed E-state index contributed by atoms with van der Waals surface area (Å²) in [5, 5.41) is 0. The third-order valence-electron chi connectivity index (χ3n) is 4.07. The standard InChI is InChI=1S/C15H20O2/c1-5-15(4)13(16)9-14(15)17-12-8-10(2)6-7-11(12)3/h6-8,14H,5,9H2,1-4H3. The molecule has 1 aromatic carbocycles. The van der Waals surface area contributed by atoms with E-state index in [2.05, 4.69) is 26.0 Å². The normalized spacial score (nSPS) is 27.8. The highest BCUT2D eigenvalue weighted by atomic mass is 16.5. The van der Waals surface area contributed by atoms with E-state index in [1.807, 2.05) is 19.9 Å². The van der Waals surface area contributed by atoms with Crippen molar-refractivity contribution in [3.05, 3.63) is 29.3 Å². The van der Waals surface area contributed by atoms with E-state index in [-0.39, 0.29) is 11.5 Å². The summed E-state index contributed by atoms with van der Waals surface area (Å²) < 4.78 is 6.02. The van der Waals surface area contributed by atoms with Gasteiger partial charge in [-0.05, 0) is 44.4 Å². The highest BCUT2D eigenvalue weighted by Gasteiger charge is 2.51. The molecule has 2 rings (SSSR count). The summed E-state index contributed by atoms with van der Waals surface area (Å²) in [6, 6.07) is 6.19. The third-order valence-corrected chi connectivity index (χ3v) is 4.07. The highest BCUT2D eigenvalue weighted by molar-refractivity contribution is 5.92. The first-order chi connectivity index (χ1) is 7.97. The molecule has 2 atom stereocenters. The largest absolute Gasteiger partial charge is 0.489 e. The van der Waals surface area contributed by atoms with Gasteiger partial charge in [0.05, 0.1) is 5.41 Å². The molecular weight excluding hydrogens is 212 g/mol. The van der Waals surface area contributed by atoms with E-state index in [4.69, 9.17) is 4.74 Å². The minimum atomic E-state index is -0.282. The zero-order valence-electron chi connectivity index (χ0n) is 11.0. The molecule has 0 bridgehead atoms. The van der Waals surface area contributed by atoms with Crippen LogP contribution in [0.3, 0.4) is 0 Å². The Morgan fingerprint density at radius 1 is 1.41 bits per heavy atom. The van der Waals surface area contributed by atoms with Gasteiger partial charge >= 0.3 is 0 Å². The fourth-order valence-corrected chi connectivity index (χ4v) is 2.26. The summed E-state index contributed by atoms with van der Waals surface area (Å²) >= 11 is 0. The van der Waals surface area contributed by atoms with Gasteiger partial charge in [0.25, 0.3) is 0 Å². The van der Waals surface area contributed by atoms with Crippen LogP contribution in [0.5, 0.6) is 5.75 Å². The van der Waals surface area contributed by atoms with Crippen LogP contribution in [0.4, 0.5) is 0 Å². The number of ether oxygens (including phenoxy) is 1. The Hall–Kier alpha value is -1.31. The topological polar surface area (TPSA) is 26.3 Å². The highest BCUT2D eigenvalue weighted by Crippen LogP contribution is 2.43. The third kappa shape index (κ3) is 1.97. The molecule has 0 saturated heterocycles. The van der Waals surface area contributed by atoms with E-state index in [0.29, 0.717) is 12.2 Å². The quantitative estimate of drug-likeness (QED) is 0.798.